The van der Waals surface area contributed by atoms with Crippen molar-refractivity contribution in [2.45, 2.75) is 58.4 Å². The average Bonchev–Trinajstić information content (AvgIpc) is 3.14. The molecule has 0 atom stereocenters. The third-order valence-corrected chi connectivity index (χ3v) is 6.48. The minimum absolute atomic E-state index is 0.128. The van der Waals surface area contributed by atoms with Gasteiger partial charge in [0.15, 0.2) is 5.69 Å². The number of hydrogen-bond donors (Lipinski definition) is 1. The Bertz CT molecular complexity index is 1090. The van der Waals surface area contributed by atoms with Gasteiger partial charge in [-0.2, -0.15) is 15.0 Å². The first-order valence-corrected chi connectivity index (χ1v) is 12.2. The minimum atomic E-state index is 0.128. The Kier molecular flexibility index (Phi) is 6.37. The van der Waals surface area contributed by atoms with E-state index in [9.17, 15) is 5.11 Å². The highest BCUT2D eigenvalue weighted by atomic mass is 16.3. The van der Waals surface area contributed by atoms with E-state index >= 15 is 0 Å². The number of aromatic nitrogens is 4. The maximum Gasteiger partial charge on any atom is 0.275 e. The van der Waals surface area contributed by atoms with Crippen molar-refractivity contribution in [3.8, 4) is 5.88 Å². The van der Waals surface area contributed by atoms with Crippen LogP contribution in [0.4, 0.5) is 23.5 Å². The topological polar surface area (TPSA) is 95.0 Å². The number of piperidine rings is 2. The second-order valence-corrected chi connectivity index (χ2v) is 8.87. The van der Waals surface area contributed by atoms with Crippen molar-refractivity contribution in [1.29, 1.82) is 0 Å². The molecule has 2 aliphatic rings. The molecule has 0 saturated carbocycles. The zero-order chi connectivity index (χ0) is 22.6. The van der Waals surface area contributed by atoms with Crippen LogP contribution in [0.25, 0.3) is 10.9 Å². The summed E-state index contributed by atoms with van der Waals surface area (Å²) in [6, 6.07) is 7.87. The summed E-state index contributed by atoms with van der Waals surface area (Å²) < 4.78 is 1.88. The molecule has 2 aromatic heterocycles. The number of aromatic hydroxyl groups is 1. The Balaban J connectivity index is 1.53. The van der Waals surface area contributed by atoms with Gasteiger partial charge in [0.1, 0.15) is 0 Å². The molecule has 4 heterocycles. The van der Waals surface area contributed by atoms with E-state index in [0.717, 1.165) is 69.2 Å². The van der Waals surface area contributed by atoms with E-state index in [1.807, 2.05) is 28.8 Å². The van der Waals surface area contributed by atoms with Crippen LogP contribution in [0, 0.1) is 0 Å². The van der Waals surface area contributed by atoms with Gasteiger partial charge >= 0.3 is 0 Å². The number of aryl methyl sites for hydroxylation is 1. The molecular formula is C24H32N8O. The molecule has 2 fully saturated rings. The molecule has 5 rings (SSSR count). The lowest BCUT2D eigenvalue weighted by molar-refractivity contribution is 0.421. The number of azo groups is 1. The Hall–Kier alpha value is -3.23. The lowest BCUT2D eigenvalue weighted by atomic mass is 10.1. The van der Waals surface area contributed by atoms with Gasteiger partial charge in [0.25, 0.3) is 5.95 Å². The van der Waals surface area contributed by atoms with E-state index in [0.29, 0.717) is 24.1 Å². The maximum absolute atomic E-state index is 10.9. The molecule has 9 heteroatoms. The summed E-state index contributed by atoms with van der Waals surface area (Å²) in [7, 11) is 0. The number of anilines is 2. The van der Waals surface area contributed by atoms with Gasteiger partial charge in [-0.25, -0.2) is 0 Å². The van der Waals surface area contributed by atoms with Gasteiger partial charge in [-0.05, 0) is 51.0 Å². The summed E-state index contributed by atoms with van der Waals surface area (Å²) in [5.41, 5.74) is 1.41. The number of para-hydroxylation sites is 1. The van der Waals surface area contributed by atoms with Crippen molar-refractivity contribution >= 4 is 34.4 Å². The van der Waals surface area contributed by atoms with Gasteiger partial charge in [-0.3, -0.25) is 0 Å². The van der Waals surface area contributed by atoms with Crippen LogP contribution in [-0.2, 0) is 6.54 Å². The molecule has 33 heavy (non-hydrogen) atoms. The van der Waals surface area contributed by atoms with Crippen LogP contribution < -0.4 is 9.80 Å². The summed E-state index contributed by atoms with van der Waals surface area (Å²) in [6.45, 7) is 6.60. The standard InChI is InChI=1S/C24H32N8O/c1-2-13-32-19-12-6-5-11-18(19)20(21(32)33)28-29-22-25-23(30-14-7-3-8-15-30)27-24(26-22)31-16-9-4-10-17-31/h5-6,11-12,33H,2-4,7-10,13-17H2,1H3. The molecule has 1 aromatic carbocycles. The molecule has 3 aromatic rings. The van der Waals surface area contributed by atoms with E-state index < -0.39 is 0 Å². The zero-order valence-electron chi connectivity index (χ0n) is 19.3. The highest BCUT2D eigenvalue weighted by Gasteiger charge is 2.21. The maximum atomic E-state index is 10.9. The van der Waals surface area contributed by atoms with E-state index in [2.05, 4.69) is 36.9 Å². The molecule has 1 N–H and O–H groups in total. The largest absolute Gasteiger partial charge is 0.493 e. The molecule has 2 aliphatic heterocycles. The quantitative estimate of drug-likeness (QED) is 0.512. The number of benzene rings is 1. The smallest absolute Gasteiger partial charge is 0.275 e. The van der Waals surface area contributed by atoms with Crippen LogP contribution in [0.2, 0.25) is 0 Å². The molecule has 0 radical (unpaired) electrons. The lowest BCUT2D eigenvalue weighted by Gasteiger charge is -2.29. The third-order valence-electron chi connectivity index (χ3n) is 6.48. The fraction of sp³-hybridized carbons (Fsp3) is 0.542. The molecule has 0 bridgehead atoms. The summed E-state index contributed by atoms with van der Waals surface area (Å²) in [5.74, 6) is 1.77. The SMILES string of the molecule is CCCn1c(O)c(N=Nc2nc(N3CCCCC3)nc(N3CCCCC3)n2)c2ccccc21. The molecular weight excluding hydrogens is 416 g/mol. The Morgan fingerprint density at radius 2 is 1.42 bits per heavy atom. The van der Waals surface area contributed by atoms with Crippen molar-refractivity contribution < 1.29 is 5.11 Å². The predicted octanol–water partition coefficient (Wildman–Crippen LogP) is 5.34. The Morgan fingerprint density at radius 3 is 2.03 bits per heavy atom. The van der Waals surface area contributed by atoms with Crippen LogP contribution in [-0.4, -0.2) is 50.8 Å². The van der Waals surface area contributed by atoms with Gasteiger partial charge in [0.05, 0.1) is 5.52 Å². The molecule has 0 unspecified atom stereocenters. The van der Waals surface area contributed by atoms with Gasteiger partial charge in [0, 0.05) is 38.1 Å². The van der Waals surface area contributed by atoms with Crippen molar-refractivity contribution in [1.82, 2.24) is 19.5 Å². The first-order chi connectivity index (χ1) is 16.2. The van der Waals surface area contributed by atoms with Gasteiger partial charge in [0.2, 0.25) is 17.8 Å². The summed E-state index contributed by atoms with van der Waals surface area (Å²) in [6.07, 6.45) is 7.98. The van der Waals surface area contributed by atoms with E-state index in [1.165, 1.54) is 12.8 Å². The Morgan fingerprint density at radius 1 is 0.818 bits per heavy atom. The number of rotatable bonds is 6. The van der Waals surface area contributed by atoms with Gasteiger partial charge < -0.3 is 19.5 Å². The number of hydrogen-bond acceptors (Lipinski definition) is 8. The third kappa shape index (κ3) is 4.49. The normalized spacial score (nSPS) is 17.4. The van der Waals surface area contributed by atoms with Crippen molar-refractivity contribution in [2.75, 3.05) is 36.0 Å². The second-order valence-electron chi connectivity index (χ2n) is 8.87. The fourth-order valence-corrected chi connectivity index (χ4v) is 4.77. The van der Waals surface area contributed by atoms with E-state index in [1.54, 1.807) is 0 Å². The van der Waals surface area contributed by atoms with Crippen molar-refractivity contribution in [3.63, 3.8) is 0 Å². The monoisotopic (exact) mass is 448 g/mol. The lowest BCUT2D eigenvalue weighted by Crippen LogP contribution is -2.34. The van der Waals surface area contributed by atoms with E-state index in [4.69, 9.17) is 4.98 Å². The fourth-order valence-electron chi connectivity index (χ4n) is 4.77. The molecule has 0 spiro atoms. The molecule has 0 aliphatic carbocycles. The molecule has 9 nitrogen and oxygen atoms in total. The second kappa shape index (κ2) is 9.72. The van der Waals surface area contributed by atoms with Crippen LogP contribution in [0.15, 0.2) is 34.5 Å². The molecule has 174 valence electrons. The molecule has 0 amide bonds. The predicted molar refractivity (Wildman–Crippen MR) is 130 cm³/mol. The van der Waals surface area contributed by atoms with Gasteiger partial charge in [-0.15, -0.1) is 10.2 Å². The zero-order valence-corrected chi connectivity index (χ0v) is 19.3. The van der Waals surface area contributed by atoms with Crippen LogP contribution in [0.1, 0.15) is 51.9 Å². The van der Waals surface area contributed by atoms with Crippen LogP contribution in [0.3, 0.4) is 0 Å². The van der Waals surface area contributed by atoms with Crippen LogP contribution >= 0.6 is 0 Å². The summed E-state index contributed by atoms with van der Waals surface area (Å²) in [4.78, 5) is 18.6. The summed E-state index contributed by atoms with van der Waals surface area (Å²) >= 11 is 0. The average molecular weight is 449 g/mol. The minimum Gasteiger partial charge on any atom is -0.493 e. The van der Waals surface area contributed by atoms with Crippen molar-refractivity contribution in [2.24, 2.45) is 10.2 Å². The van der Waals surface area contributed by atoms with Crippen LogP contribution in [0.5, 0.6) is 5.88 Å². The Labute approximate surface area is 194 Å². The number of fused-ring (bicyclic) bond motifs is 1. The molecule has 2 saturated heterocycles. The number of nitrogens with zero attached hydrogens (tertiary/aromatic N) is 8. The first-order valence-electron chi connectivity index (χ1n) is 12.2. The summed E-state index contributed by atoms with van der Waals surface area (Å²) in [5, 5.41) is 20.6. The highest BCUT2D eigenvalue weighted by molar-refractivity contribution is 5.95. The van der Waals surface area contributed by atoms with Gasteiger partial charge in [-0.1, -0.05) is 25.1 Å². The van der Waals surface area contributed by atoms with E-state index in [-0.39, 0.29) is 11.8 Å². The first kappa shape index (κ1) is 21.6. The highest BCUT2D eigenvalue weighted by Crippen LogP contribution is 2.39. The van der Waals surface area contributed by atoms with Crippen molar-refractivity contribution in [3.05, 3.63) is 24.3 Å².